The van der Waals surface area contributed by atoms with Gasteiger partial charge in [-0.2, -0.15) is 0 Å². The molecule has 0 unspecified atom stereocenters. The zero-order chi connectivity index (χ0) is 16.1. The van der Waals surface area contributed by atoms with E-state index in [1.165, 1.54) is 0 Å². The number of benzene rings is 2. The Morgan fingerprint density at radius 3 is 2.35 bits per heavy atom. The van der Waals surface area contributed by atoms with Crippen molar-refractivity contribution >= 4 is 17.5 Å². The Kier molecular flexibility index (Phi) is 5.16. The van der Waals surface area contributed by atoms with E-state index >= 15 is 0 Å². The van der Waals surface area contributed by atoms with Crippen LogP contribution in [0.25, 0.3) is 0 Å². The third-order valence-corrected chi connectivity index (χ3v) is 4.11. The maximum atomic E-state index is 11.8. The van der Waals surface area contributed by atoms with Crippen molar-refractivity contribution in [3.8, 4) is 5.75 Å². The van der Waals surface area contributed by atoms with E-state index in [0.29, 0.717) is 13.2 Å². The van der Waals surface area contributed by atoms with E-state index in [0.717, 1.165) is 35.0 Å². The van der Waals surface area contributed by atoms with Crippen molar-refractivity contribution in [1.29, 1.82) is 0 Å². The molecule has 23 heavy (non-hydrogen) atoms. The zero-order valence-electron chi connectivity index (χ0n) is 12.7. The van der Waals surface area contributed by atoms with Gasteiger partial charge in [-0.25, -0.2) is 0 Å². The molecule has 1 heterocycles. The molecule has 0 aromatic heterocycles. The number of halogens is 1. The van der Waals surface area contributed by atoms with E-state index in [2.05, 4.69) is 10.6 Å². The van der Waals surface area contributed by atoms with Crippen molar-refractivity contribution in [2.75, 3.05) is 13.1 Å². The van der Waals surface area contributed by atoms with E-state index < -0.39 is 0 Å². The van der Waals surface area contributed by atoms with Crippen LogP contribution in [0, 0.1) is 5.92 Å². The molecule has 0 saturated carbocycles. The summed E-state index contributed by atoms with van der Waals surface area (Å²) in [5.74, 6) is 1.04. The van der Waals surface area contributed by atoms with Crippen LogP contribution in [0.1, 0.15) is 11.1 Å². The number of nitrogens with one attached hydrogen (secondary N) is 2. The molecule has 3 rings (SSSR count). The van der Waals surface area contributed by atoms with Crippen LogP contribution in [0.3, 0.4) is 0 Å². The molecule has 2 aromatic carbocycles. The molecular weight excluding hydrogens is 312 g/mol. The summed E-state index contributed by atoms with van der Waals surface area (Å²) in [7, 11) is 0. The average Bonchev–Trinajstić information content (AvgIpc) is 2.52. The number of amides is 1. The van der Waals surface area contributed by atoms with Crippen molar-refractivity contribution in [1.82, 2.24) is 10.6 Å². The number of hydrogen-bond donors (Lipinski definition) is 2. The van der Waals surface area contributed by atoms with Crippen molar-refractivity contribution in [2.24, 2.45) is 5.92 Å². The van der Waals surface area contributed by atoms with Gasteiger partial charge in [0.25, 0.3) is 0 Å². The first kappa shape index (κ1) is 15.8. The summed E-state index contributed by atoms with van der Waals surface area (Å²) in [6.45, 7) is 2.61. The highest BCUT2D eigenvalue weighted by atomic mass is 35.5. The van der Waals surface area contributed by atoms with Gasteiger partial charge in [0.15, 0.2) is 0 Å². The van der Waals surface area contributed by atoms with Crippen LogP contribution < -0.4 is 15.4 Å². The molecule has 0 spiro atoms. The highest BCUT2D eigenvalue weighted by molar-refractivity contribution is 6.30. The molecule has 120 valence electrons. The van der Waals surface area contributed by atoms with E-state index in [1.807, 2.05) is 48.5 Å². The lowest BCUT2D eigenvalue weighted by molar-refractivity contribution is -0.126. The minimum Gasteiger partial charge on any atom is -0.489 e. The summed E-state index contributed by atoms with van der Waals surface area (Å²) in [4.78, 5) is 11.8. The molecule has 0 aliphatic carbocycles. The lowest BCUT2D eigenvalue weighted by Crippen LogP contribution is -2.50. The highest BCUT2D eigenvalue weighted by Crippen LogP contribution is 2.16. The lowest BCUT2D eigenvalue weighted by Gasteiger charge is -2.25. The summed E-state index contributed by atoms with van der Waals surface area (Å²) in [6, 6.07) is 15.4. The minimum absolute atomic E-state index is 0.117. The molecular formula is C18H19ClN2O2. The predicted octanol–water partition coefficient (Wildman–Crippen LogP) is 2.75. The van der Waals surface area contributed by atoms with Crippen molar-refractivity contribution < 1.29 is 9.53 Å². The van der Waals surface area contributed by atoms with Crippen LogP contribution >= 0.6 is 11.6 Å². The van der Waals surface area contributed by atoms with Gasteiger partial charge in [0.1, 0.15) is 12.4 Å². The fourth-order valence-electron chi connectivity index (χ4n) is 2.26. The fourth-order valence-corrected chi connectivity index (χ4v) is 2.38. The third kappa shape index (κ3) is 4.47. The van der Waals surface area contributed by atoms with Crippen molar-refractivity contribution in [2.45, 2.75) is 13.2 Å². The number of carbonyl (C=O) groups excluding carboxylic acids is 1. The minimum atomic E-state index is 0.117. The number of carbonyl (C=O) groups is 1. The molecule has 1 amide bonds. The van der Waals surface area contributed by atoms with E-state index in [1.54, 1.807) is 0 Å². The normalized spacial score (nSPS) is 14.1. The van der Waals surface area contributed by atoms with Crippen molar-refractivity contribution in [3.05, 3.63) is 64.7 Å². The molecule has 5 heteroatoms. The summed E-state index contributed by atoms with van der Waals surface area (Å²) >= 11 is 5.86. The predicted molar refractivity (Wildman–Crippen MR) is 90.4 cm³/mol. The Labute approximate surface area is 140 Å². The molecule has 1 aliphatic rings. The molecule has 1 aliphatic heterocycles. The Morgan fingerprint density at radius 2 is 1.74 bits per heavy atom. The van der Waals surface area contributed by atoms with Gasteiger partial charge in [-0.05, 0) is 35.4 Å². The molecule has 1 fully saturated rings. The number of hydrogen-bond acceptors (Lipinski definition) is 3. The quantitative estimate of drug-likeness (QED) is 0.856. The van der Waals surface area contributed by atoms with Gasteiger partial charge in [-0.1, -0.05) is 35.9 Å². The van der Waals surface area contributed by atoms with Gasteiger partial charge >= 0.3 is 0 Å². The first-order valence-electron chi connectivity index (χ1n) is 7.65. The van der Waals surface area contributed by atoms with Gasteiger partial charge in [0, 0.05) is 24.7 Å². The zero-order valence-corrected chi connectivity index (χ0v) is 13.5. The van der Waals surface area contributed by atoms with E-state index in [-0.39, 0.29) is 11.8 Å². The highest BCUT2D eigenvalue weighted by Gasteiger charge is 2.24. The Morgan fingerprint density at radius 1 is 1.09 bits per heavy atom. The van der Waals surface area contributed by atoms with Crippen molar-refractivity contribution in [3.63, 3.8) is 0 Å². The van der Waals surface area contributed by atoms with Crippen LogP contribution in [0.5, 0.6) is 5.75 Å². The van der Waals surface area contributed by atoms with Crippen LogP contribution in [-0.4, -0.2) is 19.0 Å². The second-order valence-corrected chi connectivity index (χ2v) is 6.07. The molecule has 2 aromatic rings. The molecule has 4 nitrogen and oxygen atoms in total. The Hall–Kier alpha value is -2.04. The molecule has 0 bridgehead atoms. The fraction of sp³-hybridized carbons (Fsp3) is 0.278. The largest absolute Gasteiger partial charge is 0.489 e. The SMILES string of the molecule is O=C(NCc1ccc(OCc2ccc(Cl)cc2)cc1)C1CNC1. The molecule has 0 atom stereocenters. The maximum absolute atomic E-state index is 11.8. The topological polar surface area (TPSA) is 50.4 Å². The number of rotatable bonds is 6. The van der Waals surface area contributed by atoms with Gasteiger partial charge in [-0.3, -0.25) is 4.79 Å². The van der Waals surface area contributed by atoms with Crippen LogP contribution in [0.15, 0.2) is 48.5 Å². The van der Waals surface area contributed by atoms with Gasteiger partial charge in [0.05, 0.1) is 5.92 Å². The second-order valence-electron chi connectivity index (χ2n) is 5.63. The summed E-state index contributed by atoms with van der Waals surface area (Å²) in [5.41, 5.74) is 2.13. The first-order chi connectivity index (χ1) is 11.2. The maximum Gasteiger partial charge on any atom is 0.225 e. The van der Waals surface area contributed by atoms with E-state index in [9.17, 15) is 4.79 Å². The molecule has 1 saturated heterocycles. The van der Waals surface area contributed by atoms with Crippen LogP contribution in [0.2, 0.25) is 5.02 Å². The Bertz CT molecular complexity index is 652. The standard InChI is InChI=1S/C18H19ClN2O2/c19-16-5-1-14(2-6-16)12-23-17-7-3-13(4-8-17)9-21-18(22)15-10-20-11-15/h1-8,15,20H,9-12H2,(H,21,22). The molecule has 2 N–H and O–H groups in total. The van der Waals surface area contributed by atoms with E-state index in [4.69, 9.17) is 16.3 Å². The summed E-state index contributed by atoms with van der Waals surface area (Å²) in [5, 5.41) is 6.77. The van der Waals surface area contributed by atoms with Crippen LogP contribution in [0.4, 0.5) is 0 Å². The number of ether oxygens (including phenoxy) is 1. The average molecular weight is 331 g/mol. The second kappa shape index (κ2) is 7.49. The molecule has 0 radical (unpaired) electrons. The van der Waals surface area contributed by atoms with Gasteiger partial charge in [-0.15, -0.1) is 0 Å². The van der Waals surface area contributed by atoms with Gasteiger partial charge < -0.3 is 15.4 Å². The van der Waals surface area contributed by atoms with Gasteiger partial charge in [0.2, 0.25) is 5.91 Å². The third-order valence-electron chi connectivity index (χ3n) is 3.86. The van der Waals surface area contributed by atoms with Crippen LogP contribution in [-0.2, 0) is 17.9 Å². The Balaban J connectivity index is 1.46. The lowest BCUT2D eigenvalue weighted by atomic mass is 10.0. The monoisotopic (exact) mass is 330 g/mol. The smallest absolute Gasteiger partial charge is 0.225 e. The first-order valence-corrected chi connectivity index (χ1v) is 8.03. The summed E-state index contributed by atoms with van der Waals surface area (Å²) < 4.78 is 5.74. The summed E-state index contributed by atoms with van der Waals surface area (Å²) in [6.07, 6.45) is 0.